The second kappa shape index (κ2) is 6.33. The van der Waals surface area contributed by atoms with Gasteiger partial charge in [-0.3, -0.25) is 8.78 Å². The molecular weight excluding hydrogens is 438 g/mol. The standard InChI is InChI=1S/C14H11F2N2.CH3.Ir/c1-17-9-18(14-5-3-2-4-13(14)17)12-7-6-10(15)8-11(12)16;;/h2-6,8H,9H2,1H3;1H3;/q2*-1;. The van der Waals surface area contributed by atoms with Crippen LogP contribution in [0.15, 0.2) is 36.4 Å². The minimum Gasteiger partial charge on any atom is -0.358 e. The molecule has 1 radical (unpaired) electrons. The molecule has 1 aliphatic heterocycles. The zero-order chi connectivity index (χ0) is 12.7. The average Bonchev–Trinajstić information content (AvgIpc) is 2.68. The SMILES string of the molecule is CN1CN(c2[c-]cc(F)cc2F)c2ccccc21.[CH3-].[Ir]. The average molecular weight is 453 g/mol. The van der Waals surface area contributed by atoms with E-state index in [0.717, 1.165) is 23.5 Å². The summed E-state index contributed by atoms with van der Waals surface area (Å²) in [5.41, 5.74) is 2.20. The topological polar surface area (TPSA) is 6.48 Å². The van der Waals surface area contributed by atoms with E-state index in [1.165, 1.54) is 0 Å². The van der Waals surface area contributed by atoms with Gasteiger partial charge in [0, 0.05) is 38.8 Å². The Hall–Kier alpha value is -1.45. The van der Waals surface area contributed by atoms with Crippen molar-refractivity contribution >= 4 is 17.1 Å². The maximum absolute atomic E-state index is 13.8. The van der Waals surface area contributed by atoms with Gasteiger partial charge in [0.25, 0.3) is 0 Å². The fourth-order valence-corrected chi connectivity index (χ4v) is 2.22. The Kier molecular flexibility index (Phi) is 5.26. The molecule has 0 aliphatic carbocycles. The van der Waals surface area contributed by atoms with E-state index < -0.39 is 11.6 Å². The van der Waals surface area contributed by atoms with Crippen LogP contribution in [0, 0.1) is 25.1 Å². The van der Waals surface area contributed by atoms with Gasteiger partial charge in [-0.25, -0.2) is 0 Å². The molecule has 0 saturated heterocycles. The van der Waals surface area contributed by atoms with Crippen LogP contribution in [0.5, 0.6) is 0 Å². The molecule has 0 atom stereocenters. The molecule has 0 fully saturated rings. The van der Waals surface area contributed by atoms with E-state index in [0.29, 0.717) is 6.67 Å². The van der Waals surface area contributed by atoms with Gasteiger partial charge < -0.3 is 17.2 Å². The van der Waals surface area contributed by atoms with E-state index >= 15 is 0 Å². The Morgan fingerprint density at radius 1 is 1.15 bits per heavy atom. The summed E-state index contributed by atoms with van der Waals surface area (Å²) in [5, 5.41) is 0. The van der Waals surface area contributed by atoms with Crippen molar-refractivity contribution in [3.63, 3.8) is 0 Å². The first-order valence-corrected chi connectivity index (χ1v) is 5.61. The zero-order valence-corrected chi connectivity index (χ0v) is 13.6. The molecule has 1 heterocycles. The van der Waals surface area contributed by atoms with Crippen LogP contribution in [0.3, 0.4) is 0 Å². The molecule has 109 valence electrons. The minimum atomic E-state index is -0.614. The molecule has 0 amide bonds. The van der Waals surface area contributed by atoms with Crippen LogP contribution in [0.25, 0.3) is 0 Å². The van der Waals surface area contributed by atoms with Gasteiger partial charge in [0.2, 0.25) is 0 Å². The van der Waals surface area contributed by atoms with Crippen LogP contribution in [0.2, 0.25) is 0 Å². The Balaban J connectivity index is 0.000001000. The number of para-hydroxylation sites is 2. The van der Waals surface area contributed by atoms with Gasteiger partial charge in [-0.1, -0.05) is 12.1 Å². The molecule has 0 bridgehead atoms. The van der Waals surface area contributed by atoms with Crippen molar-refractivity contribution in [1.82, 2.24) is 0 Å². The van der Waals surface area contributed by atoms with Crippen molar-refractivity contribution < 1.29 is 28.9 Å². The fourth-order valence-electron chi connectivity index (χ4n) is 2.22. The molecule has 0 spiro atoms. The first kappa shape index (κ1) is 16.6. The van der Waals surface area contributed by atoms with Crippen LogP contribution < -0.4 is 9.80 Å². The minimum absolute atomic E-state index is 0. The molecular formula is C15H14F2IrN2-2. The van der Waals surface area contributed by atoms with Gasteiger partial charge in [0.05, 0.1) is 18.0 Å². The molecule has 2 aromatic carbocycles. The molecule has 0 unspecified atom stereocenters. The van der Waals surface area contributed by atoms with Gasteiger partial charge in [-0.05, 0) is 17.8 Å². The van der Waals surface area contributed by atoms with Crippen LogP contribution in [-0.4, -0.2) is 13.7 Å². The number of fused-ring (bicyclic) bond motifs is 1. The quantitative estimate of drug-likeness (QED) is 0.608. The van der Waals surface area contributed by atoms with Crippen molar-refractivity contribution in [1.29, 1.82) is 0 Å². The predicted molar refractivity (Wildman–Crippen MR) is 73.5 cm³/mol. The summed E-state index contributed by atoms with van der Waals surface area (Å²) >= 11 is 0. The third-order valence-electron chi connectivity index (χ3n) is 3.04. The number of benzene rings is 2. The van der Waals surface area contributed by atoms with Crippen molar-refractivity contribution in [3.05, 3.63) is 61.5 Å². The molecule has 3 rings (SSSR count). The Labute approximate surface area is 131 Å². The summed E-state index contributed by atoms with van der Waals surface area (Å²) in [6.07, 6.45) is 0. The number of anilines is 3. The largest absolute Gasteiger partial charge is 0.358 e. The van der Waals surface area contributed by atoms with Crippen molar-refractivity contribution in [2.45, 2.75) is 0 Å². The third kappa shape index (κ3) is 2.69. The smallest absolute Gasteiger partial charge is 0.0928 e. The summed E-state index contributed by atoms with van der Waals surface area (Å²) in [5.74, 6) is -1.21. The predicted octanol–water partition coefficient (Wildman–Crippen LogP) is 3.76. The van der Waals surface area contributed by atoms with E-state index in [2.05, 4.69) is 6.07 Å². The molecule has 2 nitrogen and oxygen atoms in total. The van der Waals surface area contributed by atoms with Crippen molar-refractivity contribution in [3.8, 4) is 0 Å². The van der Waals surface area contributed by atoms with E-state index in [-0.39, 0.29) is 33.2 Å². The van der Waals surface area contributed by atoms with Crippen molar-refractivity contribution in [2.75, 3.05) is 23.5 Å². The summed E-state index contributed by atoms with van der Waals surface area (Å²) in [4.78, 5) is 3.79. The molecule has 2 aromatic rings. The summed E-state index contributed by atoms with van der Waals surface area (Å²) in [6.45, 7) is 0.526. The van der Waals surface area contributed by atoms with E-state index in [1.807, 2.05) is 36.2 Å². The van der Waals surface area contributed by atoms with E-state index in [4.69, 9.17) is 0 Å². The molecule has 0 N–H and O–H groups in total. The number of nitrogens with zero attached hydrogens (tertiary/aromatic N) is 2. The Morgan fingerprint density at radius 3 is 2.45 bits per heavy atom. The normalized spacial score (nSPS) is 12.6. The van der Waals surface area contributed by atoms with Gasteiger partial charge in [0.15, 0.2) is 0 Å². The molecule has 5 heteroatoms. The molecule has 0 aromatic heterocycles. The number of hydrogen-bond donors (Lipinski definition) is 0. The van der Waals surface area contributed by atoms with Crippen LogP contribution in [0.1, 0.15) is 0 Å². The maximum atomic E-state index is 13.8. The van der Waals surface area contributed by atoms with Gasteiger partial charge in [-0.15, -0.1) is 12.1 Å². The van der Waals surface area contributed by atoms with Gasteiger partial charge in [-0.2, -0.15) is 6.07 Å². The van der Waals surface area contributed by atoms with Gasteiger partial charge in [0.1, 0.15) is 0 Å². The van der Waals surface area contributed by atoms with Crippen LogP contribution >= 0.6 is 0 Å². The van der Waals surface area contributed by atoms with E-state index in [1.54, 1.807) is 4.90 Å². The second-order valence-electron chi connectivity index (χ2n) is 4.27. The number of rotatable bonds is 1. The van der Waals surface area contributed by atoms with E-state index in [9.17, 15) is 8.78 Å². The zero-order valence-electron chi connectivity index (χ0n) is 11.2. The monoisotopic (exact) mass is 453 g/mol. The van der Waals surface area contributed by atoms with Crippen LogP contribution in [-0.2, 0) is 20.1 Å². The van der Waals surface area contributed by atoms with Crippen LogP contribution in [0.4, 0.5) is 25.8 Å². The summed E-state index contributed by atoms with van der Waals surface area (Å²) < 4.78 is 26.7. The third-order valence-corrected chi connectivity index (χ3v) is 3.04. The Morgan fingerprint density at radius 2 is 1.80 bits per heavy atom. The Bertz CT molecular complexity index is 604. The maximum Gasteiger partial charge on any atom is 0.0928 e. The first-order valence-electron chi connectivity index (χ1n) is 5.61. The first-order chi connectivity index (χ1) is 8.66. The second-order valence-corrected chi connectivity index (χ2v) is 4.27. The number of halogens is 2. The molecule has 1 aliphatic rings. The van der Waals surface area contributed by atoms with Gasteiger partial charge >= 0.3 is 0 Å². The molecule has 20 heavy (non-hydrogen) atoms. The molecule has 0 saturated carbocycles. The fraction of sp³-hybridized carbons (Fsp3) is 0.133. The number of hydrogen-bond acceptors (Lipinski definition) is 2. The summed E-state index contributed by atoms with van der Waals surface area (Å²) in [6, 6.07) is 12.4. The summed E-state index contributed by atoms with van der Waals surface area (Å²) in [7, 11) is 1.93. The van der Waals surface area contributed by atoms with Crippen molar-refractivity contribution in [2.24, 2.45) is 0 Å².